The van der Waals surface area contributed by atoms with Gasteiger partial charge in [0.1, 0.15) is 34.5 Å². The zero-order valence-corrected chi connectivity index (χ0v) is 35.6. The van der Waals surface area contributed by atoms with Gasteiger partial charge in [-0.3, -0.25) is 4.79 Å². The van der Waals surface area contributed by atoms with Crippen molar-refractivity contribution >= 4 is 86.8 Å². The molecule has 6 aromatic carbocycles. The molecule has 0 amide bonds. The quantitative estimate of drug-likeness (QED) is 0.0915. The number of aldehydes is 1. The number of aromatic amines is 3. The summed E-state index contributed by atoms with van der Waals surface area (Å²) in [4.78, 5) is 20.2. The topological polar surface area (TPSA) is 133 Å². The third kappa shape index (κ3) is 10.1. The van der Waals surface area contributed by atoms with Crippen molar-refractivity contribution in [2.45, 2.75) is 19.6 Å². The van der Waals surface area contributed by atoms with E-state index < -0.39 is 6.10 Å². The van der Waals surface area contributed by atoms with Crippen molar-refractivity contribution in [2.75, 3.05) is 0 Å². The van der Waals surface area contributed by atoms with Gasteiger partial charge in [0.25, 0.3) is 0 Å². The zero-order valence-electron chi connectivity index (χ0n) is 30.9. The van der Waals surface area contributed by atoms with Crippen LogP contribution in [0.15, 0.2) is 159 Å². The number of ether oxygens (including phenoxy) is 3. The molecule has 0 aliphatic rings. The lowest BCUT2D eigenvalue weighted by Gasteiger charge is -2.06. The number of benzene rings is 6. The number of carbonyl (C=O) groups excluding carboxylic acids is 1. The van der Waals surface area contributed by atoms with E-state index in [0.717, 1.165) is 92.5 Å². The predicted molar refractivity (Wildman–Crippen MR) is 239 cm³/mol. The SMILES string of the molecule is CC(O)c1cc2c(Br)cc(Oc3ccccc3)cc2[nH]1.O=Cc1cc2c(Br)cc(Oc3ccccc3)cc2[nH]1.OCc1cc2c(Br)cc(Oc3ccccc3)cc2[nH]1. The van der Waals surface area contributed by atoms with E-state index in [2.05, 4.69) is 62.7 Å². The fourth-order valence-electron chi connectivity index (χ4n) is 6.03. The number of aliphatic hydroxyl groups is 2. The van der Waals surface area contributed by atoms with E-state index >= 15 is 0 Å². The van der Waals surface area contributed by atoms with Gasteiger partial charge in [-0.1, -0.05) is 54.6 Å². The normalized spacial score (nSPS) is 11.3. The Bertz CT molecular complexity index is 2790. The Balaban J connectivity index is 0.000000132. The van der Waals surface area contributed by atoms with Gasteiger partial charge in [-0.15, -0.1) is 0 Å². The van der Waals surface area contributed by atoms with Gasteiger partial charge in [0.05, 0.1) is 35.0 Å². The minimum atomic E-state index is -0.521. The minimum Gasteiger partial charge on any atom is -0.457 e. The van der Waals surface area contributed by atoms with Gasteiger partial charge in [0, 0.05) is 59.2 Å². The average molecular weight is 967 g/mol. The first-order chi connectivity index (χ1) is 28.1. The average Bonchev–Trinajstić information content (AvgIpc) is 3.97. The van der Waals surface area contributed by atoms with Crippen LogP contribution in [-0.4, -0.2) is 31.5 Å². The molecule has 292 valence electrons. The van der Waals surface area contributed by atoms with Crippen molar-refractivity contribution in [3.8, 4) is 34.5 Å². The first-order valence-electron chi connectivity index (χ1n) is 18.0. The summed E-state index contributed by atoms with van der Waals surface area (Å²) in [6.45, 7) is 1.73. The van der Waals surface area contributed by atoms with E-state index in [9.17, 15) is 9.90 Å². The molecule has 0 aliphatic carbocycles. The number of aromatic nitrogens is 3. The van der Waals surface area contributed by atoms with Gasteiger partial charge in [0.2, 0.25) is 0 Å². The lowest BCUT2D eigenvalue weighted by Crippen LogP contribution is -1.89. The van der Waals surface area contributed by atoms with Gasteiger partial charge in [-0.05, 0) is 128 Å². The van der Waals surface area contributed by atoms with Crippen LogP contribution in [-0.2, 0) is 6.61 Å². The van der Waals surface area contributed by atoms with E-state index in [1.807, 2.05) is 140 Å². The maximum Gasteiger partial charge on any atom is 0.166 e. The third-order valence-electron chi connectivity index (χ3n) is 8.76. The molecule has 0 bridgehead atoms. The molecule has 0 spiro atoms. The molecular weight excluding hydrogens is 930 g/mol. The number of hydrogen-bond donors (Lipinski definition) is 5. The van der Waals surface area contributed by atoms with Gasteiger partial charge in [-0.25, -0.2) is 0 Å². The summed E-state index contributed by atoms with van der Waals surface area (Å²) in [5, 5.41) is 21.8. The molecule has 58 heavy (non-hydrogen) atoms. The molecule has 1 atom stereocenters. The highest BCUT2D eigenvalue weighted by Crippen LogP contribution is 2.35. The Kier molecular flexibility index (Phi) is 13.1. The van der Waals surface area contributed by atoms with Crippen LogP contribution >= 0.6 is 47.8 Å². The number of carbonyl (C=O) groups is 1. The van der Waals surface area contributed by atoms with Crippen LogP contribution in [0.2, 0.25) is 0 Å². The Morgan fingerprint density at radius 1 is 0.534 bits per heavy atom. The van der Waals surface area contributed by atoms with E-state index in [-0.39, 0.29) is 6.61 Å². The van der Waals surface area contributed by atoms with Crippen LogP contribution in [0.4, 0.5) is 0 Å². The highest BCUT2D eigenvalue weighted by Gasteiger charge is 2.12. The second-order valence-corrected chi connectivity index (χ2v) is 15.6. The number of para-hydroxylation sites is 3. The van der Waals surface area contributed by atoms with Crippen LogP contribution in [0.5, 0.6) is 34.5 Å². The largest absolute Gasteiger partial charge is 0.457 e. The molecule has 9 nitrogen and oxygen atoms in total. The van der Waals surface area contributed by atoms with Crippen LogP contribution < -0.4 is 14.2 Å². The van der Waals surface area contributed by atoms with Crippen LogP contribution in [0, 0.1) is 0 Å². The predicted octanol–water partition coefficient (Wildman–Crippen LogP) is 13.5. The molecule has 9 aromatic rings. The molecular formula is C46H36Br3N3O6. The number of H-pyrrole nitrogens is 3. The van der Waals surface area contributed by atoms with Gasteiger partial charge < -0.3 is 39.4 Å². The molecule has 3 heterocycles. The standard InChI is InChI=1S/C16H14BrNO2.C15H12BrNO2.C15H10BrNO2/c1-10(19)15-9-13-14(17)7-12(8-16(13)18-15)20-11-5-3-2-4-6-11;2*16-14-7-12(19-11-4-2-1-3-5-11)8-15-13(14)6-10(9-18)17-15/h2-10,18-19H,1H3;1-8,17-18H,9H2;1-9,17H. The smallest absolute Gasteiger partial charge is 0.166 e. The van der Waals surface area contributed by atoms with E-state index in [1.54, 1.807) is 13.0 Å². The Morgan fingerprint density at radius 2 is 0.931 bits per heavy atom. The molecule has 0 fully saturated rings. The number of aliphatic hydroxyl groups excluding tert-OH is 2. The lowest BCUT2D eigenvalue weighted by molar-refractivity contribution is 0.111. The minimum absolute atomic E-state index is 0.00397. The van der Waals surface area contributed by atoms with E-state index in [4.69, 9.17) is 19.3 Å². The maximum atomic E-state index is 10.8. The van der Waals surface area contributed by atoms with Crippen molar-refractivity contribution in [1.82, 2.24) is 15.0 Å². The summed E-state index contributed by atoms with van der Waals surface area (Å²) in [6.07, 6.45) is 0.275. The summed E-state index contributed by atoms with van der Waals surface area (Å²) < 4.78 is 20.2. The molecule has 12 heteroatoms. The second-order valence-electron chi connectivity index (χ2n) is 13.0. The maximum absolute atomic E-state index is 10.8. The number of nitrogens with one attached hydrogen (secondary N) is 3. The van der Waals surface area contributed by atoms with Crippen LogP contribution in [0.1, 0.15) is 34.9 Å². The fourth-order valence-corrected chi connectivity index (χ4v) is 7.69. The second kappa shape index (κ2) is 18.8. The molecule has 0 saturated carbocycles. The molecule has 5 N–H and O–H groups in total. The summed E-state index contributed by atoms with van der Waals surface area (Å²) >= 11 is 10.6. The highest BCUT2D eigenvalue weighted by molar-refractivity contribution is 9.11. The Morgan fingerprint density at radius 3 is 1.34 bits per heavy atom. The van der Waals surface area contributed by atoms with E-state index in [1.165, 1.54) is 0 Å². The number of hydrogen-bond acceptors (Lipinski definition) is 6. The Labute approximate surface area is 359 Å². The van der Waals surface area contributed by atoms with Crippen molar-refractivity contribution in [3.05, 3.63) is 176 Å². The van der Waals surface area contributed by atoms with Crippen molar-refractivity contribution in [3.63, 3.8) is 0 Å². The fraction of sp³-hybridized carbons (Fsp3) is 0.0652. The summed E-state index contributed by atoms with van der Waals surface area (Å²) in [7, 11) is 0. The molecule has 3 aromatic heterocycles. The summed E-state index contributed by atoms with van der Waals surface area (Å²) in [5.74, 6) is 4.57. The van der Waals surface area contributed by atoms with E-state index in [0.29, 0.717) is 11.4 Å². The Hall–Kier alpha value is -5.63. The first kappa shape index (κ1) is 40.6. The first-order valence-corrected chi connectivity index (χ1v) is 20.4. The third-order valence-corrected chi connectivity index (χ3v) is 10.7. The highest BCUT2D eigenvalue weighted by atomic mass is 79.9. The van der Waals surface area contributed by atoms with Crippen molar-refractivity contribution < 1.29 is 29.2 Å². The van der Waals surface area contributed by atoms with Gasteiger partial charge in [0.15, 0.2) is 6.29 Å². The summed E-state index contributed by atoms with van der Waals surface area (Å²) in [6, 6.07) is 46.0. The lowest BCUT2D eigenvalue weighted by atomic mass is 10.2. The molecule has 9 rings (SSSR count). The molecule has 0 aliphatic heterocycles. The van der Waals surface area contributed by atoms with Crippen LogP contribution in [0.3, 0.4) is 0 Å². The number of rotatable bonds is 9. The molecule has 0 radical (unpaired) electrons. The van der Waals surface area contributed by atoms with Crippen molar-refractivity contribution in [2.24, 2.45) is 0 Å². The monoisotopic (exact) mass is 963 g/mol. The number of halogens is 3. The van der Waals surface area contributed by atoms with Gasteiger partial charge >= 0.3 is 0 Å². The zero-order chi connectivity index (χ0) is 40.6. The van der Waals surface area contributed by atoms with Crippen molar-refractivity contribution in [1.29, 1.82) is 0 Å². The summed E-state index contributed by atoms with van der Waals surface area (Å²) in [5.41, 5.74) is 4.85. The van der Waals surface area contributed by atoms with Gasteiger partial charge in [-0.2, -0.15) is 0 Å². The molecule has 1 unspecified atom stereocenters. The number of fused-ring (bicyclic) bond motifs is 3. The molecule has 0 saturated heterocycles. The van der Waals surface area contributed by atoms with Crippen LogP contribution in [0.25, 0.3) is 32.7 Å².